The van der Waals surface area contributed by atoms with Gasteiger partial charge in [-0.3, -0.25) is 14.9 Å². The first kappa shape index (κ1) is 18.2. The summed E-state index contributed by atoms with van der Waals surface area (Å²) in [6, 6.07) is 21.4. The van der Waals surface area contributed by atoms with Crippen LogP contribution in [0.3, 0.4) is 0 Å². The summed E-state index contributed by atoms with van der Waals surface area (Å²) in [5.74, 6) is -0.786. The molecule has 0 unspecified atom stereocenters. The van der Waals surface area contributed by atoms with E-state index in [1.54, 1.807) is 12.4 Å². The van der Waals surface area contributed by atoms with E-state index < -0.39 is 5.91 Å². The molecular weight excluding hydrogens is 400 g/mol. The molecule has 0 fully saturated rings. The second-order valence-corrected chi connectivity index (χ2v) is 7.59. The monoisotopic (exact) mass is 416 g/mol. The number of imide groups is 1. The smallest absolute Gasteiger partial charge is 0.259 e. The molecule has 0 aliphatic carbocycles. The number of aromatic nitrogens is 3. The van der Waals surface area contributed by atoms with E-state index in [4.69, 9.17) is 0 Å². The van der Waals surface area contributed by atoms with Crippen molar-refractivity contribution in [3.8, 4) is 5.69 Å². The van der Waals surface area contributed by atoms with E-state index in [2.05, 4.69) is 15.3 Å². The average molecular weight is 416 g/mol. The van der Waals surface area contributed by atoms with Crippen molar-refractivity contribution in [2.75, 3.05) is 0 Å². The van der Waals surface area contributed by atoms with Gasteiger partial charge >= 0.3 is 0 Å². The third kappa shape index (κ3) is 2.66. The summed E-state index contributed by atoms with van der Waals surface area (Å²) < 4.78 is 1.94. The quantitative estimate of drug-likeness (QED) is 0.449. The molecule has 0 saturated carbocycles. The van der Waals surface area contributed by atoms with E-state index >= 15 is 0 Å². The van der Waals surface area contributed by atoms with Crippen LogP contribution in [-0.2, 0) is 9.59 Å². The largest absolute Gasteiger partial charge is 0.313 e. The molecule has 32 heavy (non-hydrogen) atoms. The topological polar surface area (TPSA) is 76.9 Å². The molecule has 1 aliphatic heterocycles. The molecule has 5 aromatic rings. The van der Waals surface area contributed by atoms with Crippen molar-refractivity contribution in [1.29, 1.82) is 0 Å². The minimum Gasteiger partial charge on any atom is -0.313 e. The summed E-state index contributed by atoms with van der Waals surface area (Å²) in [5.41, 5.74) is 3.86. The van der Waals surface area contributed by atoms with Gasteiger partial charge in [0.15, 0.2) is 0 Å². The van der Waals surface area contributed by atoms with Crippen LogP contribution in [0.25, 0.3) is 38.5 Å². The van der Waals surface area contributed by atoms with Gasteiger partial charge in [0.25, 0.3) is 11.8 Å². The molecule has 0 atom stereocenters. The van der Waals surface area contributed by atoms with Gasteiger partial charge in [0.1, 0.15) is 6.33 Å². The first-order valence-electron chi connectivity index (χ1n) is 10.2. The zero-order valence-electron chi connectivity index (χ0n) is 16.8. The molecule has 1 aliphatic rings. The molecule has 0 radical (unpaired) electrons. The Labute approximate surface area is 182 Å². The third-order valence-electron chi connectivity index (χ3n) is 5.80. The van der Waals surface area contributed by atoms with Gasteiger partial charge in [0.2, 0.25) is 0 Å². The van der Waals surface area contributed by atoms with Gasteiger partial charge in [-0.15, -0.1) is 0 Å². The Morgan fingerprint density at radius 1 is 0.688 bits per heavy atom. The predicted octanol–water partition coefficient (Wildman–Crippen LogP) is 4.14. The number of benzene rings is 3. The Hall–Kier alpha value is -4.58. The van der Waals surface area contributed by atoms with Gasteiger partial charge in [-0.2, -0.15) is 0 Å². The molecule has 6 nitrogen and oxygen atoms in total. The predicted molar refractivity (Wildman–Crippen MR) is 123 cm³/mol. The molecule has 152 valence electrons. The van der Waals surface area contributed by atoms with E-state index in [0.717, 1.165) is 32.9 Å². The lowest BCUT2D eigenvalue weighted by Gasteiger charge is -2.08. The second kappa shape index (κ2) is 6.99. The van der Waals surface area contributed by atoms with Crippen molar-refractivity contribution < 1.29 is 9.59 Å². The van der Waals surface area contributed by atoms with E-state index in [0.29, 0.717) is 16.7 Å². The summed E-state index contributed by atoms with van der Waals surface area (Å²) >= 11 is 0. The molecule has 2 aromatic heterocycles. The standard InChI is InChI=1S/C26H16N4O2/c31-25-23(20-10-5-7-16-6-1-2-8-18(16)20)24(26(32)29-25)21-14-30(17-12-27-15-28-13-17)22-11-4-3-9-19(21)22/h1-15H,(H,29,31,32). The van der Waals surface area contributed by atoms with Crippen LogP contribution < -0.4 is 5.32 Å². The Morgan fingerprint density at radius 2 is 1.34 bits per heavy atom. The molecule has 3 heterocycles. The summed E-state index contributed by atoms with van der Waals surface area (Å²) in [4.78, 5) is 34.3. The van der Waals surface area contributed by atoms with Crippen molar-refractivity contribution in [3.63, 3.8) is 0 Å². The Balaban J connectivity index is 1.69. The SMILES string of the molecule is O=C1NC(=O)C(c2cn(-c3cncnc3)c3ccccc23)=C1c1cccc2ccccc12. The lowest BCUT2D eigenvalue weighted by molar-refractivity contribution is -0.122. The fraction of sp³-hybridized carbons (Fsp3) is 0. The van der Waals surface area contributed by atoms with E-state index in [1.165, 1.54) is 6.33 Å². The highest BCUT2D eigenvalue weighted by Crippen LogP contribution is 2.38. The van der Waals surface area contributed by atoms with Gasteiger partial charge < -0.3 is 4.57 Å². The lowest BCUT2D eigenvalue weighted by atomic mass is 9.92. The Bertz CT molecular complexity index is 1580. The van der Waals surface area contributed by atoms with Crippen LogP contribution in [0.1, 0.15) is 11.1 Å². The first-order valence-corrected chi connectivity index (χ1v) is 10.2. The lowest BCUT2D eigenvalue weighted by Crippen LogP contribution is -2.22. The van der Waals surface area contributed by atoms with Crippen LogP contribution in [0.5, 0.6) is 0 Å². The number of hydrogen-bond acceptors (Lipinski definition) is 4. The van der Waals surface area contributed by atoms with Gasteiger partial charge in [0, 0.05) is 17.1 Å². The number of para-hydroxylation sites is 1. The molecule has 0 bridgehead atoms. The molecule has 1 N–H and O–H groups in total. The molecule has 0 saturated heterocycles. The van der Waals surface area contributed by atoms with Crippen molar-refractivity contribution in [2.24, 2.45) is 0 Å². The molecule has 3 aromatic carbocycles. The van der Waals surface area contributed by atoms with Crippen LogP contribution >= 0.6 is 0 Å². The highest BCUT2D eigenvalue weighted by Gasteiger charge is 2.34. The number of carbonyl (C=O) groups excluding carboxylic acids is 2. The van der Waals surface area contributed by atoms with Crippen LogP contribution in [0, 0.1) is 0 Å². The molecule has 2 amide bonds. The van der Waals surface area contributed by atoms with Gasteiger partial charge in [-0.1, -0.05) is 60.7 Å². The first-order chi connectivity index (χ1) is 15.7. The number of fused-ring (bicyclic) bond motifs is 2. The summed E-state index contributed by atoms with van der Waals surface area (Å²) in [6.45, 7) is 0. The second-order valence-electron chi connectivity index (χ2n) is 7.59. The zero-order chi connectivity index (χ0) is 21.7. The highest BCUT2D eigenvalue weighted by molar-refractivity contribution is 6.50. The number of nitrogens with one attached hydrogen (secondary N) is 1. The Morgan fingerprint density at radius 3 is 2.16 bits per heavy atom. The minimum atomic E-state index is -0.398. The highest BCUT2D eigenvalue weighted by atomic mass is 16.2. The van der Waals surface area contributed by atoms with E-state index in [-0.39, 0.29) is 5.91 Å². The van der Waals surface area contributed by atoms with Crippen LogP contribution in [0.15, 0.2) is 91.6 Å². The van der Waals surface area contributed by atoms with E-state index in [9.17, 15) is 9.59 Å². The fourth-order valence-electron chi connectivity index (χ4n) is 4.42. The number of carbonyl (C=O) groups is 2. The molecule has 6 heteroatoms. The average Bonchev–Trinajstić information content (AvgIpc) is 3.35. The molecular formula is C26H16N4O2. The van der Waals surface area contributed by atoms with Crippen LogP contribution in [-0.4, -0.2) is 26.3 Å². The minimum absolute atomic E-state index is 0.373. The van der Waals surface area contributed by atoms with Gasteiger partial charge in [-0.25, -0.2) is 9.97 Å². The molecule has 0 spiro atoms. The van der Waals surface area contributed by atoms with Crippen molar-refractivity contribution >= 4 is 44.6 Å². The van der Waals surface area contributed by atoms with Crippen molar-refractivity contribution in [2.45, 2.75) is 0 Å². The van der Waals surface area contributed by atoms with Crippen LogP contribution in [0.4, 0.5) is 0 Å². The summed E-state index contributed by atoms with van der Waals surface area (Å²) in [6.07, 6.45) is 6.77. The van der Waals surface area contributed by atoms with Crippen LogP contribution in [0.2, 0.25) is 0 Å². The third-order valence-corrected chi connectivity index (χ3v) is 5.80. The number of nitrogens with zero attached hydrogens (tertiary/aromatic N) is 3. The normalized spacial score (nSPS) is 13.9. The summed E-state index contributed by atoms with van der Waals surface area (Å²) in [7, 11) is 0. The number of amides is 2. The number of hydrogen-bond donors (Lipinski definition) is 1. The fourth-order valence-corrected chi connectivity index (χ4v) is 4.42. The number of rotatable bonds is 3. The maximum absolute atomic E-state index is 13.1. The summed E-state index contributed by atoms with van der Waals surface area (Å²) in [5, 5.41) is 5.31. The zero-order valence-corrected chi connectivity index (χ0v) is 16.8. The maximum Gasteiger partial charge on any atom is 0.259 e. The molecule has 6 rings (SSSR count). The van der Waals surface area contributed by atoms with Crippen molar-refractivity contribution in [1.82, 2.24) is 19.9 Å². The van der Waals surface area contributed by atoms with Crippen molar-refractivity contribution in [3.05, 3.63) is 103 Å². The van der Waals surface area contributed by atoms with Gasteiger partial charge in [0.05, 0.1) is 34.7 Å². The van der Waals surface area contributed by atoms with Gasteiger partial charge in [-0.05, 0) is 22.4 Å². The maximum atomic E-state index is 13.1. The Kier molecular flexibility index (Phi) is 3.98. The van der Waals surface area contributed by atoms with E-state index in [1.807, 2.05) is 77.5 Å².